The quantitative estimate of drug-likeness (QED) is 0.591. The molecule has 0 aliphatic carbocycles. The maximum absolute atomic E-state index is 12.6. The number of rotatable bonds is 6. The molecule has 2 heterocycles. The Labute approximate surface area is 149 Å². The third kappa shape index (κ3) is 3.79. The highest BCUT2D eigenvalue weighted by molar-refractivity contribution is 6.01. The Morgan fingerprint density at radius 2 is 2.08 bits per heavy atom. The molecule has 1 aromatic heterocycles. The number of nitrogens with one attached hydrogen (secondary N) is 2. The number of nitro groups is 1. The molecular formula is C16H18N6O4. The predicted molar refractivity (Wildman–Crippen MR) is 94.2 cm³/mol. The molecule has 1 aliphatic heterocycles. The second-order valence-electron chi connectivity index (χ2n) is 5.65. The molecule has 136 valence electrons. The number of anilines is 2. The van der Waals surface area contributed by atoms with Crippen LogP contribution in [0.1, 0.15) is 23.2 Å². The summed E-state index contributed by atoms with van der Waals surface area (Å²) in [5, 5.41) is 11.1. The summed E-state index contributed by atoms with van der Waals surface area (Å²) < 4.78 is 4.99. The van der Waals surface area contributed by atoms with Gasteiger partial charge in [0.2, 0.25) is 11.8 Å². The molecule has 3 rings (SSSR count). The molecule has 10 heteroatoms. The zero-order chi connectivity index (χ0) is 18.5. The summed E-state index contributed by atoms with van der Waals surface area (Å²) in [5.41, 5.74) is 5.81. The number of aromatic nitrogens is 2. The molecule has 0 bridgehead atoms. The molecule has 26 heavy (non-hydrogen) atoms. The van der Waals surface area contributed by atoms with Crippen molar-refractivity contribution in [3.8, 4) is 5.88 Å². The van der Waals surface area contributed by atoms with Crippen LogP contribution in [0.2, 0.25) is 0 Å². The van der Waals surface area contributed by atoms with Crippen molar-refractivity contribution in [3.05, 3.63) is 46.1 Å². The number of carbonyl (C=O) groups is 1. The van der Waals surface area contributed by atoms with E-state index >= 15 is 0 Å². The number of carbonyl (C=O) groups excluding carboxylic acids is 1. The third-order valence-corrected chi connectivity index (χ3v) is 4.01. The summed E-state index contributed by atoms with van der Waals surface area (Å²) in [6, 6.07) is 5.86. The average molecular weight is 358 g/mol. The summed E-state index contributed by atoms with van der Waals surface area (Å²) >= 11 is 0. The Morgan fingerprint density at radius 1 is 1.31 bits per heavy atom. The van der Waals surface area contributed by atoms with Crippen LogP contribution in [-0.4, -0.2) is 41.0 Å². The lowest BCUT2D eigenvalue weighted by Gasteiger charge is -2.20. The Kier molecular flexibility index (Phi) is 5.11. The van der Waals surface area contributed by atoms with Gasteiger partial charge in [-0.05, 0) is 18.9 Å². The molecule has 2 aromatic rings. The van der Waals surface area contributed by atoms with E-state index in [9.17, 15) is 14.9 Å². The van der Waals surface area contributed by atoms with E-state index in [1.165, 1.54) is 25.4 Å². The van der Waals surface area contributed by atoms with E-state index in [-0.39, 0.29) is 17.2 Å². The Bertz CT molecular complexity index is 822. The number of non-ortho nitro benzene ring substituents is 1. The van der Waals surface area contributed by atoms with Crippen LogP contribution in [0, 0.1) is 10.1 Å². The van der Waals surface area contributed by atoms with Gasteiger partial charge in [0.25, 0.3) is 11.6 Å². The number of amides is 1. The summed E-state index contributed by atoms with van der Waals surface area (Å²) in [5.74, 6) is -0.0299. The molecule has 1 aromatic carbocycles. The van der Waals surface area contributed by atoms with E-state index < -0.39 is 10.8 Å². The van der Waals surface area contributed by atoms with Gasteiger partial charge in [0.1, 0.15) is 0 Å². The van der Waals surface area contributed by atoms with E-state index in [0.29, 0.717) is 11.6 Å². The number of methoxy groups -OCH3 is 1. The van der Waals surface area contributed by atoms with Gasteiger partial charge in [0.15, 0.2) is 0 Å². The van der Waals surface area contributed by atoms with Crippen molar-refractivity contribution >= 4 is 23.2 Å². The first-order valence-electron chi connectivity index (χ1n) is 8.05. The van der Waals surface area contributed by atoms with Crippen molar-refractivity contribution in [2.45, 2.75) is 12.8 Å². The fourth-order valence-electron chi connectivity index (χ4n) is 2.75. The molecule has 1 amide bonds. The van der Waals surface area contributed by atoms with Crippen molar-refractivity contribution in [2.24, 2.45) is 0 Å². The zero-order valence-electron chi connectivity index (χ0n) is 14.1. The van der Waals surface area contributed by atoms with Crippen molar-refractivity contribution in [1.29, 1.82) is 0 Å². The maximum atomic E-state index is 12.6. The third-order valence-electron chi connectivity index (χ3n) is 4.01. The number of benzene rings is 1. The number of hydrazine groups is 1. The van der Waals surface area contributed by atoms with Crippen LogP contribution < -0.4 is 20.5 Å². The molecule has 1 fully saturated rings. The zero-order valence-corrected chi connectivity index (χ0v) is 14.1. The molecule has 1 saturated heterocycles. The fourth-order valence-corrected chi connectivity index (χ4v) is 2.75. The van der Waals surface area contributed by atoms with Gasteiger partial charge in [0.05, 0.1) is 23.3 Å². The molecule has 0 unspecified atom stereocenters. The van der Waals surface area contributed by atoms with Gasteiger partial charge in [-0.1, -0.05) is 0 Å². The molecule has 0 spiro atoms. The smallest absolute Gasteiger partial charge is 0.272 e. The number of nitrogens with zero attached hydrogens (tertiary/aromatic N) is 4. The topological polar surface area (TPSA) is 123 Å². The SMILES string of the molecule is COc1ccnc(NNC(=O)c2cc([N+](=O)[O-])ccc2N2CCCC2)n1. The monoisotopic (exact) mass is 358 g/mol. The number of nitro benzene ring substituents is 1. The summed E-state index contributed by atoms with van der Waals surface area (Å²) in [6.45, 7) is 1.62. The first kappa shape index (κ1) is 17.4. The Hall–Kier alpha value is -3.43. The summed E-state index contributed by atoms with van der Waals surface area (Å²) in [4.78, 5) is 33.2. The Morgan fingerprint density at radius 3 is 2.77 bits per heavy atom. The highest BCUT2D eigenvalue weighted by Crippen LogP contribution is 2.28. The molecule has 2 N–H and O–H groups in total. The van der Waals surface area contributed by atoms with E-state index in [4.69, 9.17) is 4.74 Å². The first-order valence-corrected chi connectivity index (χ1v) is 8.05. The van der Waals surface area contributed by atoms with Crippen molar-refractivity contribution in [1.82, 2.24) is 15.4 Å². The number of hydrogen-bond acceptors (Lipinski definition) is 8. The van der Waals surface area contributed by atoms with Gasteiger partial charge in [-0.3, -0.25) is 25.8 Å². The second-order valence-corrected chi connectivity index (χ2v) is 5.65. The highest BCUT2D eigenvalue weighted by atomic mass is 16.6. The predicted octanol–water partition coefficient (Wildman–Crippen LogP) is 1.75. The van der Waals surface area contributed by atoms with Gasteiger partial charge < -0.3 is 9.64 Å². The van der Waals surface area contributed by atoms with Crippen molar-refractivity contribution < 1.29 is 14.5 Å². The normalized spacial score (nSPS) is 13.3. The van der Waals surface area contributed by atoms with E-state index in [1.807, 2.05) is 4.90 Å². The van der Waals surface area contributed by atoms with Crippen LogP contribution in [-0.2, 0) is 0 Å². The van der Waals surface area contributed by atoms with Crippen LogP contribution >= 0.6 is 0 Å². The van der Waals surface area contributed by atoms with Gasteiger partial charge in [-0.25, -0.2) is 4.98 Å². The molecule has 0 saturated carbocycles. The number of hydrogen-bond donors (Lipinski definition) is 2. The summed E-state index contributed by atoms with van der Waals surface area (Å²) in [6.07, 6.45) is 3.52. The molecule has 0 atom stereocenters. The Balaban J connectivity index is 1.81. The second kappa shape index (κ2) is 7.64. The highest BCUT2D eigenvalue weighted by Gasteiger charge is 2.22. The largest absolute Gasteiger partial charge is 0.481 e. The molecule has 10 nitrogen and oxygen atoms in total. The van der Waals surface area contributed by atoms with Gasteiger partial charge in [-0.15, -0.1) is 0 Å². The standard InChI is InChI=1S/C16H18N6O4/c1-26-14-6-7-17-16(18-14)20-19-15(23)12-10-11(22(24)25)4-5-13(12)21-8-2-3-9-21/h4-7,10H,2-3,8-9H2,1H3,(H,19,23)(H,17,18,20). The van der Waals surface area contributed by atoms with Crippen molar-refractivity contribution in [2.75, 3.05) is 30.5 Å². The lowest BCUT2D eigenvalue weighted by molar-refractivity contribution is -0.384. The lowest BCUT2D eigenvalue weighted by Crippen LogP contribution is -2.32. The van der Waals surface area contributed by atoms with E-state index in [0.717, 1.165) is 25.9 Å². The van der Waals surface area contributed by atoms with Gasteiger partial charge in [-0.2, -0.15) is 4.98 Å². The van der Waals surface area contributed by atoms with Gasteiger partial charge in [0, 0.05) is 37.5 Å². The van der Waals surface area contributed by atoms with Crippen LogP contribution in [0.3, 0.4) is 0 Å². The minimum absolute atomic E-state index is 0.143. The maximum Gasteiger partial charge on any atom is 0.272 e. The van der Waals surface area contributed by atoms with Crippen LogP contribution in [0.25, 0.3) is 0 Å². The van der Waals surface area contributed by atoms with E-state index in [1.54, 1.807) is 12.1 Å². The molecule has 0 radical (unpaired) electrons. The van der Waals surface area contributed by atoms with E-state index in [2.05, 4.69) is 20.8 Å². The molecular weight excluding hydrogens is 340 g/mol. The van der Waals surface area contributed by atoms with Crippen molar-refractivity contribution in [3.63, 3.8) is 0 Å². The molecule has 1 aliphatic rings. The minimum atomic E-state index is -0.525. The van der Waals surface area contributed by atoms with Crippen LogP contribution in [0.15, 0.2) is 30.5 Å². The fraction of sp³-hybridized carbons (Fsp3) is 0.312. The van der Waals surface area contributed by atoms with Crippen LogP contribution in [0.5, 0.6) is 5.88 Å². The number of ether oxygens (including phenoxy) is 1. The average Bonchev–Trinajstić information content (AvgIpc) is 3.20. The summed E-state index contributed by atoms with van der Waals surface area (Å²) in [7, 11) is 1.47. The first-order chi connectivity index (χ1) is 12.6. The lowest BCUT2D eigenvalue weighted by atomic mass is 10.1. The van der Waals surface area contributed by atoms with Crippen LogP contribution in [0.4, 0.5) is 17.3 Å². The van der Waals surface area contributed by atoms with Gasteiger partial charge >= 0.3 is 0 Å². The minimum Gasteiger partial charge on any atom is -0.481 e.